The van der Waals surface area contributed by atoms with E-state index in [9.17, 15) is 0 Å². The Kier molecular flexibility index (Phi) is 8.31. The van der Waals surface area contributed by atoms with E-state index in [0.29, 0.717) is 24.8 Å². The molecule has 1 aliphatic heterocycles. The molecule has 3 atom stereocenters. The highest BCUT2D eigenvalue weighted by Crippen LogP contribution is 2.16. The van der Waals surface area contributed by atoms with Crippen LogP contribution in [0.2, 0.25) is 5.02 Å². The summed E-state index contributed by atoms with van der Waals surface area (Å²) in [6.45, 7) is 6.80. The van der Waals surface area contributed by atoms with Gasteiger partial charge in [-0.15, -0.1) is 0 Å². The zero-order valence-corrected chi connectivity index (χ0v) is 15.9. The van der Waals surface area contributed by atoms with Crippen LogP contribution in [0.1, 0.15) is 20.3 Å². The molecule has 1 fully saturated rings. The highest BCUT2D eigenvalue weighted by molar-refractivity contribution is 6.30. The molecule has 0 amide bonds. The van der Waals surface area contributed by atoms with Gasteiger partial charge in [-0.2, -0.15) is 0 Å². The van der Waals surface area contributed by atoms with Crippen LogP contribution >= 0.6 is 11.6 Å². The monoisotopic (exact) mass is 369 g/mol. The Morgan fingerprint density at radius 3 is 2.76 bits per heavy atom. The lowest BCUT2D eigenvalue weighted by molar-refractivity contribution is 0.0347. The van der Waals surface area contributed by atoms with E-state index in [2.05, 4.69) is 22.5 Å². The van der Waals surface area contributed by atoms with Gasteiger partial charge in [-0.3, -0.25) is 4.99 Å². The number of hydrogen-bond donors (Lipinski definition) is 2. The molecule has 1 aromatic rings. The topological polar surface area (TPSA) is 64.1 Å². The molecule has 0 radical (unpaired) electrons. The molecule has 1 heterocycles. The van der Waals surface area contributed by atoms with Crippen molar-refractivity contribution < 1.29 is 14.2 Å². The van der Waals surface area contributed by atoms with Crippen molar-refractivity contribution in [3.8, 4) is 5.75 Å². The first-order chi connectivity index (χ1) is 12.1. The summed E-state index contributed by atoms with van der Waals surface area (Å²) in [7, 11) is 1.75. The lowest BCUT2D eigenvalue weighted by atomic mass is 10.3. The summed E-state index contributed by atoms with van der Waals surface area (Å²) >= 11 is 5.88. The Morgan fingerprint density at radius 2 is 2.12 bits per heavy atom. The maximum absolute atomic E-state index is 5.88. The number of ether oxygens (including phenoxy) is 3. The molecule has 0 bridgehead atoms. The van der Waals surface area contributed by atoms with Crippen LogP contribution in [0.3, 0.4) is 0 Å². The Bertz CT molecular complexity index is 533. The van der Waals surface area contributed by atoms with Gasteiger partial charge < -0.3 is 24.8 Å². The largest absolute Gasteiger partial charge is 0.489 e. The first kappa shape index (κ1) is 19.8. The van der Waals surface area contributed by atoms with E-state index in [4.69, 9.17) is 25.8 Å². The zero-order valence-electron chi connectivity index (χ0n) is 15.1. The van der Waals surface area contributed by atoms with E-state index in [1.54, 1.807) is 7.05 Å². The number of hydrogen-bond acceptors (Lipinski definition) is 4. The average molecular weight is 370 g/mol. The van der Waals surface area contributed by atoms with Crippen LogP contribution < -0.4 is 15.4 Å². The van der Waals surface area contributed by atoms with Crippen molar-refractivity contribution in [2.24, 2.45) is 4.99 Å². The van der Waals surface area contributed by atoms with Crippen LogP contribution in [0.4, 0.5) is 0 Å². The Morgan fingerprint density at radius 1 is 1.36 bits per heavy atom. The Balaban J connectivity index is 1.67. The van der Waals surface area contributed by atoms with E-state index in [0.717, 1.165) is 24.7 Å². The maximum Gasteiger partial charge on any atom is 0.191 e. The number of rotatable bonds is 8. The van der Waals surface area contributed by atoms with Gasteiger partial charge in [-0.25, -0.2) is 0 Å². The molecule has 0 spiro atoms. The summed E-state index contributed by atoms with van der Waals surface area (Å²) in [4.78, 5) is 4.24. The van der Waals surface area contributed by atoms with Crippen molar-refractivity contribution >= 4 is 17.6 Å². The second kappa shape index (κ2) is 10.5. The van der Waals surface area contributed by atoms with Crippen molar-refractivity contribution in [1.82, 2.24) is 10.6 Å². The van der Waals surface area contributed by atoms with E-state index in [1.165, 1.54) is 0 Å². The molecule has 25 heavy (non-hydrogen) atoms. The summed E-state index contributed by atoms with van der Waals surface area (Å²) in [5.74, 6) is 1.52. The third-order valence-electron chi connectivity index (χ3n) is 3.78. The summed E-state index contributed by atoms with van der Waals surface area (Å²) in [6, 6.07) is 7.50. The minimum atomic E-state index is -0.0121. The first-order valence-corrected chi connectivity index (χ1v) is 9.03. The summed E-state index contributed by atoms with van der Waals surface area (Å²) in [5.41, 5.74) is 0. The van der Waals surface area contributed by atoms with Gasteiger partial charge >= 0.3 is 0 Å². The number of guanidine groups is 1. The summed E-state index contributed by atoms with van der Waals surface area (Å²) in [5, 5.41) is 7.28. The van der Waals surface area contributed by atoms with Gasteiger partial charge in [0.1, 0.15) is 11.9 Å². The van der Waals surface area contributed by atoms with Gasteiger partial charge in [0.15, 0.2) is 5.96 Å². The molecule has 0 aromatic heterocycles. The fraction of sp³-hybridized carbons (Fsp3) is 0.611. The van der Waals surface area contributed by atoms with Crippen molar-refractivity contribution in [2.45, 2.75) is 38.5 Å². The minimum Gasteiger partial charge on any atom is -0.489 e. The molecular formula is C18H28ClN3O3. The second-order valence-corrected chi connectivity index (χ2v) is 6.64. The molecule has 1 aromatic carbocycles. The predicted octanol–water partition coefficient (Wildman–Crippen LogP) is 2.47. The molecule has 6 nitrogen and oxygen atoms in total. The van der Waals surface area contributed by atoms with E-state index < -0.39 is 0 Å². The van der Waals surface area contributed by atoms with Gasteiger partial charge in [-0.1, -0.05) is 11.6 Å². The van der Waals surface area contributed by atoms with Crippen molar-refractivity contribution in [1.29, 1.82) is 0 Å². The highest BCUT2D eigenvalue weighted by Gasteiger charge is 2.17. The van der Waals surface area contributed by atoms with Crippen LogP contribution in [-0.4, -0.2) is 57.6 Å². The molecule has 1 saturated heterocycles. The predicted molar refractivity (Wildman–Crippen MR) is 101 cm³/mol. The number of halogens is 1. The molecule has 3 unspecified atom stereocenters. The van der Waals surface area contributed by atoms with E-state index in [-0.39, 0.29) is 18.2 Å². The normalized spacial score (nSPS) is 20.2. The van der Waals surface area contributed by atoms with E-state index >= 15 is 0 Å². The van der Waals surface area contributed by atoms with Crippen LogP contribution in [0.5, 0.6) is 5.75 Å². The highest BCUT2D eigenvalue weighted by atomic mass is 35.5. The van der Waals surface area contributed by atoms with Crippen LogP contribution in [0, 0.1) is 0 Å². The van der Waals surface area contributed by atoms with Crippen LogP contribution in [-0.2, 0) is 9.47 Å². The number of nitrogens with one attached hydrogen (secondary N) is 2. The third-order valence-corrected chi connectivity index (χ3v) is 4.04. The standard InChI is InChI=1S/C18H28ClN3O3/c1-13(11-24-17-8-9-23-12-17)22-18(20-3)21-10-14(2)25-16-6-4-15(19)5-7-16/h4-7,13-14,17H,8-12H2,1-3H3,(H2,20,21,22). The summed E-state index contributed by atoms with van der Waals surface area (Å²) < 4.78 is 17.0. The van der Waals surface area contributed by atoms with Crippen molar-refractivity contribution in [3.05, 3.63) is 29.3 Å². The molecular weight excluding hydrogens is 342 g/mol. The molecule has 140 valence electrons. The number of benzene rings is 1. The maximum atomic E-state index is 5.88. The average Bonchev–Trinajstić information content (AvgIpc) is 3.12. The third kappa shape index (κ3) is 7.50. The smallest absolute Gasteiger partial charge is 0.191 e. The van der Waals surface area contributed by atoms with Gasteiger partial charge in [-0.05, 0) is 44.5 Å². The van der Waals surface area contributed by atoms with Gasteiger partial charge in [0, 0.05) is 24.7 Å². The molecule has 0 saturated carbocycles. The molecule has 2 N–H and O–H groups in total. The number of aliphatic imine (C=N–C) groups is 1. The second-order valence-electron chi connectivity index (χ2n) is 6.20. The Labute approximate surface area is 154 Å². The quantitative estimate of drug-likeness (QED) is 0.544. The fourth-order valence-electron chi connectivity index (χ4n) is 2.42. The number of nitrogens with zero attached hydrogens (tertiary/aromatic N) is 1. The van der Waals surface area contributed by atoms with Crippen molar-refractivity contribution in [2.75, 3.05) is 33.4 Å². The van der Waals surface area contributed by atoms with Gasteiger partial charge in [0.2, 0.25) is 0 Å². The minimum absolute atomic E-state index is 0.0121. The molecule has 1 aliphatic rings. The van der Waals surface area contributed by atoms with Crippen molar-refractivity contribution in [3.63, 3.8) is 0 Å². The first-order valence-electron chi connectivity index (χ1n) is 8.65. The SMILES string of the molecule is CN=C(NCC(C)Oc1ccc(Cl)cc1)NC(C)COC1CCOC1. The van der Waals surface area contributed by atoms with Crippen LogP contribution in [0.25, 0.3) is 0 Å². The fourth-order valence-corrected chi connectivity index (χ4v) is 2.55. The van der Waals surface area contributed by atoms with Gasteiger partial charge in [0.25, 0.3) is 0 Å². The lowest BCUT2D eigenvalue weighted by Gasteiger charge is -2.21. The lowest BCUT2D eigenvalue weighted by Crippen LogP contribution is -2.46. The van der Waals surface area contributed by atoms with E-state index in [1.807, 2.05) is 31.2 Å². The van der Waals surface area contributed by atoms with Crippen LogP contribution in [0.15, 0.2) is 29.3 Å². The molecule has 7 heteroatoms. The van der Waals surface area contributed by atoms with Gasteiger partial charge in [0.05, 0.1) is 25.9 Å². The summed E-state index contributed by atoms with van der Waals surface area (Å²) in [6.07, 6.45) is 1.17. The molecule has 0 aliphatic carbocycles. The Hall–Kier alpha value is -1.50. The zero-order chi connectivity index (χ0) is 18.1. The molecule has 2 rings (SSSR count).